The first kappa shape index (κ1) is 25.1. The van der Waals surface area contributed by atoms with E-state index in [4.69, 9.17) is 14.2 Å². The first-order valence-electron chi connectivity index (χ1n) is 12.6. The third-order valence-electron chi connectivity index (χ3n) is 6.21. The van der Waals surface area contributed by atoms with E-state index in [0.29, 0.717) is 49.1 Å². The number of nitrogens with zero attached hydrogens (tertiary/aromatic N) is 4. The number of fused-ring (bicyclic) bond motifs is 1. The summed E-state index contributed by atoms with van der Waals surface area (Å²) in [5.74, 6) is 3.58. The lowest BCUT2D eigenvalue weighted by Gasteiger charge is -2.35. The maximum atomic E-state index is 12.9. The summed E-state index contributed by atoms with van der Waals surface area (Å²) in [5, 5.41) is 3.87. The lowest BCUT2D eigenvalue weighted by Crippen LogP contribution is -2.50. The highest BCUT2D eigenvalue weighted by Gasteiger charge is 2.24. The lowest BCUT2D eigenvalue weighted by molar-refractivity contribution is 0.208. The highest BCUT2D eigenvalue weighted by atomic mass is 16.5. The molecule has 3 aromatic carbocycles. The molecule has 38 heavy (non-hydrogen) atoms. The zero-order chi connectivity index (χ0) is 26.5. The number of piperazine rings is 1. The fourth-order valence-electron chi connectivity index (χ4n) is 4.36. The van der Waals surface area contributed by atoms with E-state index in [9.17, 15) is 4.79 Å². The van der Waals surface area contributed by atoms with Crippen LogP contribution in [-0.2, 0) is 0 Å². The van der Waals surface area contributed by atoms with Gasteiger partial charge < -0.3 is 29.3 Å². The lowest BCUT2D eigenvalue weighted by atomic mass is 10.2. The molecule has 4 aromatic rings. The Morgan fingerprint density at radius 2 is 1.61 bits per heavy atom. The van der Waals surface area contributed by atoms with Crippen LogP contribution in [0.4, 0.5) is 16.3 Å². The van der Waals surface area contributed by atoms with Gasteiger partial charge in [0.1, 0.15) is 23.6 Å². The second-order valence-electron chi connectivity index (χ2n) is 9.23. The van der Waals surface area contributed by atoms with Crippen molar-refractivity contribution in [2.24, 2.45) is 0 Å². The summed E-state index contributed by atoms with van der Waals surface area (Å²) in [4.78, 5) is 25.9. The molecule has 9 heteroatoms. The molecule has 1 N–H and O–H groups in total. The van der Waals surface area contributed by atoms with Crippen LogP contribution in [0.25, 0.3) is 10.9 Å². The third-order valence-corrected chi connectivity index (χ3v) is 6.21. The maximum Gasteiger partial charge on any atom is 0.321 e. The number of carbonyl (C=O) groups excluding carboxylic acids is 1. The molecule has 1 aliphatic rings. The first-order chi connectivity index (χ1) is 18.5. The number of urea groups is 1. The quantitative estimate of drug-likeness (QED) is 0.345. The maximum absolute atomic E-state index is 12.9. The van der Waals surface area contributed by atoms with Gasteiger partial charge in [0, 0.05) is 43.3 Å². The number of carbonyl (C=O) groups is 1. The Labute approximate surface area is 222 Å². The molecule has 0 bridgehead atoms. The van der Waals surface area contributed by atoms with Crippen molar-refractivity contribution in [2.45, 2.75) is 20.0 Å². The van der Waals surface area contributed by atoms with Crippen LogP contribution in [0.3, 0.4) is 0 Å². The number of anilines is 2. The zero-order valence-electron chi connectivity index (χ0n) is 21.8. The number of aromatic nitrogens is 2. The van der Waals surface area contributed by atoms with Crippen LogP contribution in [0.1, 0.15) is 13.8 Å². The molecule has 0 atom stereocenters. The molecule has 196 valence electrons. The molecule has 0 saturated carbocycles. The monoisotopic (exact) mass is 513 g/mol. The first-order valence-corrected chi connectivity index (χ1v) is 12.6. The van der Waals surface area contributed by atoms with Crippen molar-refractivity contribution in [3.05, 3.63) is 73.1 Å². The van der Waals surface area contributed by atoms with Crippen LogP contribution in [0.2, 0.25) is 0 Å². The summed E-state index contributed by atoms with van der Waals surface area (Å²) in [6.07, 6.45) is 1.58. The fraction of sp³-hybridized carbons (Fsp3) is 0.276. The summed E-state index contributed by atoms with van der Waals surface area (Å²) in [7, 11) is 1.62. The smallest absolute Gasteiger partial charge is 0.321 e. The van der Waals surface area contributed by atoms with Gasteiger partial charge in [0.25, 0.3) is 0 Å². The third kappa shape index (κ3) is 5.72. The van der Waals surface area contributed by atoms with Crippen molar-refractivity contribution >= 4 is 28.4 Å². The predicted molar refractivity (Wildman–Crippen MR) is 148 cm³/mol. The van der Waals surface area contributed by atoms with E-state index in [1.807, 2.05) is 85.5 Å². The van der Waals surface area contributed by atoms with E-state index in [0.717, 1.165) is 22.5 Å². The molecule has 2 heterocycles. The largest absolute Gasteiger partial charge is 0.493 e. The fourth-order valence-corrected chi connectivity index (χ4v) is 4.36. The number of methoxy groups -OCH3 is 1. The van der Waals surface area contributed by atoms with Gasteiger partial charge in [0.2, 0.25) is 0 Å². The second kappa shape index (κ2) is 11.2. The molecule has 5 rings (SSSR count). The van der Waals surface area contributed by atoms with Crippen LogP contribution in [-0.4, -0.2) is 60.3 Å². The van der Waals surface area contributed by atoms with Crippen LogP contribution in [0.15, 0.2) is 73.1 Å². The minimum atomic E-state index is -0.133. The second-order valence-corrected chi connectivity index (χ2v) is 9.23. The minimum absolute atomic E-state index is 0.0161. The van der Waals surface area contributed by atoms with Gasteiger partial charge in [-0.3, -0.25) is 0 Å². The number of ether oxygens (including phenoxy) is 3. The van der Waals surface area contributed by atoms with Gasteiger partial charge in [-0.15, -0.1) is 0 Å². The number of benzene rings is 3. The average Bonchev–Trinajstić information content (AvgIpc) is 2.93. The molecular weight excluding hydrogens is 482 g/mol. The van der Waals surface area contributed by atoms with Crippen molar-refractivity contribution in [1.82, 2.24) is 14.9 Å². The SMILES string of the molecule is COc1cc2c(N3CCN(C(=O)Nc4ccc(Oc5ccccc5)cc4)CC3)ncnc2cc1OC(C)C. The van der Waals surface area contributed by atoms with Gasteiger partial charge in [-0.05, 0) is 56.3 Å². The van der Waals surface area contributed by atoms with Crippen molar-refractivity contribution in [3.8, 4) is 23.0 Å². The van der Waals surface area contributed by atoms with Crippen molar-refractivity contribution in [2.75, 3.05) is 43.5 Å². The molecule has 0 radical (unpaired) electrons. The van der Waals surface area contributed by atoms with Gasteiger partial charge >= 0.3 is 6.03 Å². The van der Waals surface area contributed by atoms with Crippen molar-refractivity contribution < 1.29 is 19.0 Å². The van der Waals surface area contributed by atoms with E-state index < -0.39 is 0 Å². The Hall–Kier alpha value is -4.53. The van der Waals surface area contributed by atoms with Crippen molar-refractivity contribution in [1.29, 1.82) is 0 Å². The molecule has 2 amide bonds. The van der Waals surface area contributed by atoms with E-state index >= 15 is 0 Å². The number of hydrogen-bond donors (Lipinski definition) is 1. The molecular formula is C29H31N5O4. The Bertz CT molecular complexity index is 1390. The van der Waals surface area contributed by atoms with E-state index in [1.165, 1.54) is 0 Å². The summed E-state index contributed by atoms with van der Waals surface area (Å²) in [5.41, 5.74) is 1.50. The Balaban J connectivity index is 1.21. The zero-order valence-corrected chi connectivity index (χ0v) is 21.8. The predicted octanol–water partition coefficient (Wildman–Crippen LogP) is 5.57. The molecule has 0 aliphatic carbocycles. The highest BCUT2D eigenvalue weighted by molar-refractivity contribution is 5.92. The highest BCUT2D eigenvalue weighted by Crippen LogP contribution is 2.35. The normalized spacial score (nSPS) is 13.5. The molecule has 0 unspecified atom stereocenters. The number of nitrogens with one attached hydrogen (secondary N) is 1. The van der Waals surface area contributed by atoms with Gasteiger partial charge in [0.15, 0.2) is 11.5 Å². The van der Waals surface area contributed by atoms with E-state index in [2.05, 4.69) is 20.2 Å². The minimum Gasteiger partial charge on any atom is -0.493 e. The van der Waals surface area contributed by atoms with Gasteiger partial charge in [-0.2, -0.15) is 0 Å². The summed E-state index contributed by atoms with van der Waals surface area (Å²) >= 11 is 0. The number of para-hydroxylation sites is 1. The summed E-state index contributed by atoms with van der Waals surface area (Å²) < 4.78 is 17.3. The topological polar surface area (TPSA) is 89.1 Å². The molecule has 1 aromatic heterocycles. The Morgan fingerprint density at radius 3 is 2.29 bits per heavy atom. The average molecular weight is 514 g/mol. The molecule has 1 saturated heterocycles. The van der Waals surface area contributed by atoms with Crippen LogP contribution in [0, 0.1) is 0 Å². The Morgan fingerprint density at radius 1 is 0.895 bits per heavy atom. The van der Waals surface area contributed by atoms with Crippen molar-refractivity contribution in [3.63, 3.8) is 0 Å². The number of hydrogen-bond acceptors (Lipinski definition) is 7. The summed E-state index contributed by atoms with van der Waals surface area (Å²) in [6.45, 7) is 6.38. The summed E-state index contributed by atoms with van der Waals surface area (Å²) in [6, 6.07) is 20.6. The van der Waals surface area contributed by atoms with E-state index in [-0.39, 0.29) is 12.1 Å². The van der Waals surface area contributed by atoms with Gasteiger partial charge in [-0.1, -0.05) is 18.2 Å². The number of amides is 2. The molecule has 1 aliphatic heterocycles. The van der Waals surface area contributed by atoms with E-state index in [1.54, 1.807) is 13.4 Å². The molecule has 9 nitrogen and oxygen atoms in total. The molecule has 0 spiro atoms. The standard InChI is InChI=1S/C29H31N5O4/c1-20(2)37-27-18-25-24(17-26(27)36-3)28(31-19-30-25)33-13-15-34(16-14-33)29(35)32-21-9-11-23(12-10-21)38-22-7-5-4-6-8-22/h4-12,17-20H,13-16H2,1-3H3,(H,32,35). The number of rotatable bonds is 7. The van der Waals surface area contributed by atoms with Gasteiger partial charge in [-0.25, -0.2) is 14.8 Å². The molecule has 1 fully saturated rings. The van der Waals surface area contributed by atoms with Crippen LogP contribution >= 0.6 is 0 Å². The van der Waals surface area contributed by atoms with Crippen LogP contribution in [0.5, 0.6) is 23.0 Å². The van der Waals surface area contributed by atoms with Gasteiger partial charge in [0.05, 0.1) is 18.7 Å². The van der Waals surface area contributed by atoms with Crippen LogP contribution < -0.4 is 24.4 Å². The Kier molecular flexibility index (Phi) is 7.44.